The number of amides is 4. The zero-order valence-corrected chi connectivity index (χ0v) is 23.5. The number of benzene rings is 1. The van der Waals surface area contributed by atoms with Crippen LogP contribution in [0.1, 0.15) is 64.9 Å². The van der Waals surface area contributed by atoms with Gasteiger partial charge in [0.05, 0.1) is 5.92 Å². The van der Waals surface area contributed by atoms with Gasteiger partial charge in [-0.3, -0.25) is 19.6 Å². The number of ether oxygens (including phenoxy) is 2. The van der Waals surface area contributed by atoms with Crippen molar-refractivity contribution in [1.29, 1.82) is 0 Å². The molecule has 2 unspecified atom stereocenters. The minimum absolute atomic E-state index is 0.140. The molecule has 1 aliphatic rings. The smallest absolute Gasteiger partial charge is 0.410 e. The number of hydrogen-bond donors (Lipinski definition) is 4. The zero-order valence-electron chi connectivity index (χ0n) is 23.5. The molecule has 1 fully saturated rings. The van der Waals surface area contributed by atoms with E-state index in [9.17, 15) is 24.4 Å². The summed E-state index contributed by atoms with van der Waals surface area (Å²) < 4.78 is 11.4. The quantitative estimate of drug-likeness (QED) is 0.316. The second-order valence-corrected chi connectivity index (χ2v) is 10.7. The highest BCUT2D eigenvalue weighted by molar-refractivity contribution is 5.92. The summed E-state index contributed by atoms with van der Waals surface area (Å²) in [6.45, 7) is 6.29. The normalized spacial score (nSPS) is 21.7. The lowest BCUT2D eigenvalue weighted by atomic mass is 9.92. The summed E-state index contributed by atoms with van der Waals surface area (Å²) in [5.74, 6) is -2.64. The lowest BCUT2D eigenvalue weighted by Crippen LogP contribution is -2.52. The number of nitrogens with zero attached hydrogens (tertiary/aromatic N) is 1. The van der Waals surface area contributed by atoms with Gasteiger partial charge in [0.1, 0.15) is 17.7 Å². The average Bonchev–Trinajstić information content (AvgIpc) is 2.90. The number of hydroxylamine groups is 1. The molecule has 4 amide bonds. The Morgan fingerprint density at radius 3 is 2.44 bits per heavy atom. The maximum Gasteiger partial charge on any atom is 0.410 e. The summed E-state index contributed by atoms with van der Waals surface area (Å²) >= 11 is 0. The van der Waals surface area contributed by atoms with Crippen molar-refractivity contribution in [3.8, 4) is 0 Å². The monoisotopic (exact) mass is 548 g/mol. The van der Waals surface area contributed by atoms with Crippen molar-refractivity contribution in [2.24, 2.45) is 5.92 Å². The lowest BCUT2D eigenvalue weighted by molar-refractivity contribution is -0.151. The predicted octanol–water partition coefficient (Wildman–Crippen LogP) is 2.56. The maximum absolute atomic E-state index is 13.5. The lowest BCUT2D eigenvalue weighted by Gasteiger charge is -2.30. The van der Waals surface area contributed by atoms with Gasteiger partial charge in [-0.25, -0.2) is 10.3 Å². The Morgan fingerprint density at radius 1 is 1.10 bits per heavy atom. The van der Waals surface area contributed by atoms with E-state index in [1.807, 2.05) is 30.3 Å². The molecular formula is C28H44N4O7. The van der Waals surface area contributed by atoms with Crippen LogP contribution < -0.4 is 16.1 Å². The Balaban J connectivity index is 2.24. The first-order chi connectivity index (χ1) is 18.6. The standard InChI is InChI=1S/C28H44N4O7/c1-28(2,3)39-27(36)32-17-8-9-19-38-23(26(35)31-37)21(15-10-14-20-12-6-5-7-13-20)24(33)30-22(16-11-18-32)25(34)29-4/h5-7,12-13,21-23,37H,8-11,14-19H2,1-4H3,(H,29,34)(H,30,33)(H,31,35)/t21?,22?,23-/m0/s1. The van der Waals surface area contributed by atoms with Gasteiger partial charge in [-0.1, -0.05) is 30.3 Å². The largest absolute Gasteiger partial charge is 0.444 e. The van der Waals surface area contributed by atoms with Crippen LogP contribution in [0.3, 0.4) is 0 Å². The average molecular weight is 549 g/mol. The molecular weight excluding hydrogens is 504 g/mol. The van der Waals surface area contributed by atoms with Crippen LogP contribution in [0.4, 0.5) is 4.79 Å². The molecule has 218 valence electrons. The van der Waals surface area contributed by atoms with Gasteiger partial charge < -0.3 is 25.0 Å². The molecule has 1 aromatic carbocycles. The van der Waals surface area contributed by atoms with Gasteiger partial charge in [0.15, 0.2) is 0 Å². The van der Waals surface area contributed by atoms with E-state index in [4.69, 9.17) is 9.47 Å². The minimum Gasteiger partial charge on any atom is -0.444 e. The van der Waals surface area contributed by atoms with Gasteiger partial charge in [-0.05, 0) is 71.3 Å². The number of rotatable bonds is 6. The van der Waals surface area contributed by atoms with Gasteiger partial charge in [0.25, 0.3) is 5.91 Å². The Labute approximate surface area is 230 Å². The second-order valence-electron chi connectivity index (χ2n) is 10.7. The molecule has 0 spiro atoms. The molecule has 3 atom stereocenters. The third-order valence-corrected chi connectivity index (χ3v) is 6.47. The van der Waals surface area contributed by atoms with E-state index in [0.29, 0.717) is 51.6 Å². The minimum atomic E-state index is -1.25. The number of nitrogens with one attached hydrogen (secondary N) is 3. The van der Waals surface area contributed by atoms with Crippen LogP contribution in [-0.4, -0.2) is 78.4 Å². The van der Waals surface area contributed by atoms with Gasteiger partial charge in [0.2, 0.25) is 11.8 Å². The van der Waals surface area contributed by atoms with E-state index in [2.05, 4.69) is 10.6 Å². The first kappa shape index (κ1) is 32.0. The third kappa shape index (κ3) is 11.2. The molecule has 0 saturated carbocycles. The van der Waals surface area contributed by atoms with Crippen molar-refractivity contribution < 1.29 is 33.9 Å². The molecule has 11 heteroatoms. The Hall–Kier alpha value is -3.18. The SMILES string of the molecule is CNC(=O)C1CCCN(C(=O)OC(C)(C)C)CCCCO[C@H](C(=O)NO)C(CCCc2ccccc2)C(=O)N1. The summed E-state index contributed by atoms with van der Waals surface area (Å²) in [4.78, 5) is 53.1. The molecule has 0 aliphatic carbocycles. The fourth-order valence-corrected chi connectivity index (χ4v) is 4.47. The zero-order chi connectivity index (χ0) is 28.8. The van der Waals surface area contributed by atoms with Crippen molar-refractivity contribution in [2.45, 2.75) is 83.5 Å². The Morgan fingerprint density at radius 2 is 1.79 bits per heavy atom. The highest BCUT2D eigenvalue weighted by Crippen LogP contribution is 2.20. The Bertz CT molecular complexity index is 936. The number of hydrogen-bond acceptors (Lipinski definition) is 7. The van der Waals surface area contributed by atoms with Crippen molar-refractivity contribution in [3.05, 3.63) is 35.9 Å². The van der Waals surface area contributed by atoms with Crippen molar-refractivity contribution in [1.82, 2.24) is 21.0 Å². The first-order valence-corrected chi connectivity index (χ1v) is 13.6. The molecule has 39 heavy (non-hydrogen) atoms. The van der Waals surface area contributed by atoms with Crippen LogP contribution >= 0.6 is 0 Å². The van der Waals surface area contributed by atoms with Crippen LogP contribution in [0, 0.1) is 5.92 Å². The van der Waals surface area contributed by atoms with Crippen molar-refractivity contribution in [3.63, 3.8) is 0 Å². The van der Waals surface area contributed by atoms with Crippen LogP contribution in [0.2, 0.25) is 0 Å². The molecule has 0 aromatic heterocycles. The summed E-state index contributed by atoms with van der Waals surface area (Å²) in [5, 5.41) is 14.8. The summed E-state index contributed by atoms with van der Waals surface area (Å²) in [7, 11) is 1.48. The fraction of sp³-hybridized carbons (Fsp3) is 0.643. The second kappa shape index (κ2) is 16.0. The first-order valence-electron chi connectivity index (χ1n) is 13.6. The fourth-order valence-electron chi connectivity index (χ4n) is 4.47. The van der Waals surface area contributed by atoms with Gasteiger partial charge in [0, 0.05) is 26.7 Å². The van der Waals surface area contributed by atoms with Gasteiger partial charge >= 0.3 is 6.09 Å². The highest BCUT2D eigenvalue weighted by atomic mass is 16.6. The highest BCUT2D eigenvalue weighted by Gasteiger charge is 2.36. The molecule has 1 aliphatic heterocycles. The van der Waals surface area contributed by atoms with E-state index in [0.717, 1.165) is 5.56 Å². The molecule has 1 aromatic rings. The molecule has 0 bridgehead atoms. The van der Waals surface area contributed by atoms with Crippen LogP contribution in [-0.2, 0) is 30.3 Å². The molecule has 0 radical (unpaired) electrons. The molecule has 4 N–H and O–H groups in total. The van der Waals surface area contributed by atoms with E-state index >= 15 is 0 Å². The summed E-state index contributed by atoms with van der Waals surface area (Å²) in [5.41, 5.74) is 2.07. The van der Waals surface area contributed by atoms with Crippen LogP contribution in [0.5, 0.6) is 0 Å². The predicted molar refractivity (Wildman–Crippen MR) is 145 cm³/mol. The van der Waals surface area contributed by atoms with E-state index < -0.39 is 41.6 Å². The van der Waals surface area contributed by atoms with E-state index in [1.54, 1.807) is 31.2 Å². The van der Waals surface area contributed by atoms with Gasteiger partial charge in [-0.15, -0.1) is 0 Å². The number of carbonyl (C=O) groups is 4. The summed E-state index contributed by atoms with van der Waals surface area (Å²) in [6.07, 6.45) is 1.73. The van der Waals surface area contributed by atoms with Gasteiger partial charge in [-0.2, -0.15) is 0 Å². The van der Waals surface area contributed by atoms with Crippen LogP contribution in [0.15, 0.2) is 30.3 Å². The summed E-state index contributed by atoms with van der Waals surface area (Å²) in [6, 6.07) is 8.91. The van der Waals surface area contributed by atoms with Crippen LogP contribution in [0.25, 0.3) is 0 Å². The van der Waals surface area contributed by atoms with Crippen molar-refractivity contribution in [2.75, 3.05) is 26.7 Å². The van der Waals surface area contributed by atoms with E-state index in [-0.39, 0.29) is 18.9 Å². The van der Waals surface area contributed by atoms with Crippen molar-refractivity contribution >= 4 is 23.8 Å². The maximum atomic E-state index is 13.5. The number of carbonyl (C=O) groups excluding carboxylic acids is 4. The number of aryl methyl sites for hydroxylation is 1. The topological polar surface area (TPSA) is 146 Å². The van der Waals surface area contributed by atoms with E-state index in [1.165, 1.54) is 7.05 Å². The number of likely N-dealkylation sites (N-methyl/N-ethyl adjacent to an activating group) is 1. The molecule has 1 heterocycles. The third-order valence-electron chi connectivity index (χ3n) is 6.47. The molecule has 2 rings (SSSR count). The Kier molecular flexibility index (Phi) is 13.2. The molecule has 1 saturated heterocycles. The molecule has 11 nitrogen and oxygen atoms in total.